The number of aliphatic hydroxyl groups excluding tert-OH is 1. The lowest BCUT2D eigenvalue weighted by Gasteiger charge is -2.35. The number of morpholine rings is 1. The Kier molecular flexibility index (Phi) is 10.0. The largest absolute Gasteiger partial charge is 0.391 e. The van der Waals surface area contributed by atoms with E-state index in [1.807, 2.05) is 46.9 Å². The molecule has 0 radical (unpaired) electrons. The van der Waals surface area contributed by atoms with Crippen LogP contribution in [-0.2, 0) is 4.74 Å². The number of aryl methyl sites for hydroxylation is 1. The van der Waals surface area contributed by atoms with Crippen LogP contribution in [0.3, 0.4) is 0 Å². The predicted molar refractivity (Wildman–Crippen MR) is 85.3 cm³/mol. The first kappa shape index (κ1) is 18.9. The van der Waals surface area contributed by atoms with Crippen LogP contribution in [0.25, 0.3) is 0 Å². The highest BCUT2D eigenvalue weighted by atomic mass is 16.5. The summed E-state index contributed by atoms with van der Waals surface area (Å²) < 4.78 is 5.50. The van der Waals surface area contributed by atoms with Gasteiger partial charge in [-0.3, -0.25) is 4.98 Å². The SMILES string of the molecule is CC.CC.Cc1ccc(N2CCOC(C(C)O)C2)cn1. The third kappa shape index (κ3) is 5.88. The normalized spacial score (nSPS) is 19.1. The van der Waals surface area contributed by atoms with E-state index in [4.69, 9.17) is 4.74 Å². The summed E-state index contributed by atoms with van der Waals surface area (Å²) in [6.07, 6.45) is 1.34. The summed E-state index contributed by atoms with van der Waals surface area (Å²) in [6.45, 7) is 14.0. The smallest absolute Gasteiger partial charge is 0.101 e. The molecule has 20 heavy (non-hydrogen) atoms. The van der Waals surface area contributed by atoms with Crippen molar-refractivity contribution in [2.75, 3.05) is 24.6 Å². The standard InChI is InChI=1S/C12H18N2O2.2C2H6/c1-9-3-4-11(7-13-9)14-5-6-16-12(8-14)10(2)15;2*1-2/h3-4,7,10,12,15H,5-6,8H2,1-2H3;2*1-2H3. The molecule has 0 amide bonds. The summed E-state index contributed by atoms with van der Waals surface area (Å²) in [5.41, 5.74) is 2.11. The molecule has 2 heterocycles. The lowest BCUT2D eigenvalue weighted by Crippen LogP contribution is -2.47. The number of rotatable bonds is 2. The van der Waals surface area contributed by atoms with Crippen molar-refractivity contribution in [3.05, 3.63) is 24.0 Å². The minimum Gasteiger partial charge on any atom is -0.391 e. The van der Waals surface area contributed by atoms with Gasteiger partial charge in [-0.1, -0.05) is 27.7 Å². The first-order valence-corrected chi connectivity index (χ1v) is 7.64. The molecule has 4 heteroatoms. The number of anilines is 1. The van der Waals surface area contributed by atoms with E-state index in [2.05, 4.69) is 16.0 Å². The van der Waals surface area contributed by atoms with Crippen LogP contribution in [0.2, 0.25) is 0 Å². The number of nitrogens with zero attached hydrogens (tertiary/aromatic N) is 2. The summed E-state index contributed by atoms with van der Waals surface area (Å²) in [4.78, 5) is 6.48. The molecule has 4 nitrogen and oxygen atoms in total. The van der Waals surface area contributed by atoms with Crippen LogP contribution < -0.4 is 4.90 Å². The second-order valence-corrected chi connectivity index (χ2v) is 4.25. The van der Waals surface area contributed by atoms with E-state index in [9.17, 15) is 5.11 Å². The number of aromatic nitrogens is 1. The minimum atomic E-state index is -0.429. The van der Waals surface area contributed by atoms with Gasteiger partial charge >= 0.3 is 0 Å². The second kappa shape index (κ2) is 10.6. The van der Waals surface area contributed by atoms with E-state index < -0.39 is 6.10 Å². The zero-order valence-corrected chi connectivity index (χ0v) is 13.8. The summed E-state index contributed by atoms with van der Waals surface area (Å²) >= 11 is 0. The molecule has 116 valence electrons. The molecule has 2 atom stereocenters. The zero-order chi connectivity index (χ0) is 15.5. The van der Waals surface area contributed by atoms with Crippen LogP contribution in [0, 0.1) is 6.92 Å². The third-order valence-electron chi connectivity index (χ3n) is 2.89. The first-order valence-electron chi connectivity index (χ1n) is 7.64. The number of aliphatic hydroxyl groups is 1. The molecule has 0 aliphatic carbocycles. The van der Waals surface area contributed by atoms with Crippen molar-refractivity contribution in [1.82, 2.24) is 4.98 Å². The fourth-order valence-electron chi connectivity index (χ4n) is 1.85. The number of hydrogen-bond acceptors (Lipinski definition) is 4. The fourth-order valence-corrected chi connectivity index (χ4v) is 1.85. The Hall–Kier alpha value is -1.13. The summed E-state index contributed by atoms with van der Waals surface area (Å²) in [5.74, 6) is 0. The van der Waals surface area contributed by atoms with Crippen LogP contribution in [0.4, 0.5) is 5.69 Å². The van der Waals surface area contributed by atoms with Crippen molar-refractivity contribution >= 4 is 5.69 Å². The number of ether oxygens (including phenoxy) is 1. The highest BCUT2D eigenvalue weighted by Gasteiger charge is 2.24. The lowest BCUT2D eigenvalue weighted by atomic mass is 10.1. The highest BCUT2D eigenvalue weighted by Crippen LogP contribution is 2.18. The van der Waals surface area contributed by atoms with E-state index in [-0.39, 0.29) is 6.10 Å². The molecule has 2 unspecified atom stereocenters. The molecule has 1 aliphatic heterocycles. The summed E-state index contributed by atoms with van der Waals surface area (Å²) in [5, 5.41) is 9.52. The van der Waals surface area contributed by atoms with Crippen molar-refractivity contribution in [2.24, 2.45) is 0 Å². The molecule has 0 saturated carbocycles. The first-order chi connectivity index (χ1) is 9.66. The molecule has 1 aromatic heterocycles. The van der Waals surface area contributed by atoms with E-state index in [0.717, 1.165) is 24.5 Å². The maximum Gasteiger partial charge on any atom is 0.101 e. The second-order valence-electron chi connectivity index (χ2n) is 4.25. The van der Waals surface area contributed by atoms with Gasteiger partial charge in [0.2, 0.25) is 0 Å². The number of pyridine rings is 1. The Morgan fingerprint density at radius 2 is 1.95 bits per heavy atom. The van der Waals surface area contributed by atoms with Crippen LogP contribution in [0.1, 0.15) is 40.3 Å². The summed E-state index contributed by atoms with van der Waals surface area (Å²) in [7, 11) is 0. The number of hydrogen-bond donors (Lipinski definition) is 1. The lowest BCUT2D eigenvalue weighted by molar-refractivity contribution is -0.0364. The molecule has 1 aliphatic rings. The average molecular weight is 282 g/mol. The highest BCUT2D eigenvalue weighted by molar-refractivity contribution is 5.45. The van der Waals surface area contributed by atoms with Crippen molar-refractivity contribution in [1.29, 1.82) is 0 Å². The van der Waals surface area contributed by atoms with Crippen molar-refractivity contribution in [3.8, 4) is 0 Å². The maximum absolute atomic E-state index is 9.52. The average Bonchev–Trinajstić information content (AvgIpc) is 2.52. The van der Waals surface area contributed by atoms with Gasteiger partial charge in [0.05, 0.1) is 24.6 Å². The van der Waals surface area contributed by atoms with Gasteiger partial charge in [0, 0.05) is 18.8 Å². The Balaban J connectivity index is 0.000000829. The molecule has 1 fully saturated rings. The molecule has 0 spiro atoms. The summed E-state index contributed by atoms with van der Waals surface area (Å²) in [6, 6.07) is 4.06. The maximum atomic E-state index is 9.52. The molecule has 1 N–H and O–H groups in total. The van der Waals surface area contributed by atoms with Gasteiger partial charge in [0.1, 0.15) is 6.10 Å². The Morgan fingerprint density at radius 1 is 1.30 bits per heavy atom. The van der Waals surface area contributed by atoms with Crippen LogP contribution in [-0.4, -0.2) is 42.0 Å². The molecular formula is C16H30N2O2. The van der Waals surface area contributed by atoms with E-state index in [1.54, 1.807) is 6.92 Å². The molecule has 1 saturated heterocycles. The van der Waals surface area contributed by atoms with Gasteiger partial charge in [-0.2, -0.15) is 0 Å². The van der Waals surface area contributed by atoms with Gasteiger partial charge in [0.15, 0.2) is 0 Å². The van der Waals surface area contributed by atoms with Gasteiger partial charge in [-0.05, 0) is 26.0 Å². The molecule has 1 aromatic rings. The van der Waals surface area contributed by atoms with Crippen molar-refractivity contribution in [3.63, 3.8) is 0 Å². The zero-order valence-electron chi connectivity index (χ0n) is 13.8. The van der Waals surface area contributed by atoms with Crippen molar-refractivity contribution in [2.45, 2.75) is 53.8 Å². The fraction of sp³-hybridized carbons (Fsp3) is 0.688. The third-order valence-corrected chi connectivity index (χ3v) is 2.89. The molecule has 2 rings (SSSR count). The van der Waals surface area contributed by atoms with E-state index in [1.165, 1.54) is 0 Å². The van der Waals surface area contributed by atoms with Crippen LogP contribution in [0.15, 0.2) is 18.3 Å². The van der Waals surface area contributed by atoms with Gasteiger partial charge in [-0.25, -0.2) is 0 Å². The predicted octanol–water partition coefficient (Wildman–Crippen LogP) is 3.03. The van der Waals surface area contributed by atoms with Gasteiger partial charge in [0.25, 0.3) is 0 Å². The molecule has 0 bridgehead atoms. The van der Waals surface area contributed by atoms with Crippen LogP contribution in [0.5, 0.6) is 0 Å². The Labute approximate surface area is 123 Å². The monoisotopic (exact) mass is 282 g/mol. The Morgan fingerprint density at radius 3 is 2.45 bits per heavy atom. The molecule has 0 aromatic carbocycles. The molecular weight excluding hydrogens is 252 g/mol. The van der Waals surface area contributed by atoms with Crippen molar-refractivity contribution < 1.29 is 9.84 Å². The van der Waals surface area contributed by atoms with Crippen LogP contribution >= 0.6 is 0 Å². The van der Waals surface area contributed by atoms with E-state index in [0.29, 0.717) is 6.61 Å². The minimum absolute atomic E-state index is 0.102. The Bertz CT molecular complexity index is 339. The van der Waals surface area contributed by atoms with E-state index >= 15 is 0 Å². The topological polar surface area (TPSA) is 45.6 Å². The quantitative estimate of drug-likeness (QED) is 0.905. The van der Waals surface area contributed by atoms with Gasteiger partial charge < -0.3 is 14.7 Å². The van der Waals surface area contributed by atoms with Gasteiger partial charge in [-0.15, -0.1) is 0 Å².